The van der Waals surface area contributed by atoms with E-state index >= 15 is 0 Å². The van der Waals surface area contributed by atoms with Crippen molar-refractivity contribution in [1.29, 1.82) is 0 Å². The monoisotopic (exact) mass is 462 g/mol. The second-order valence-corrected chi connectivity index (χ2v) is 9.78. The second kappa shape index (κ2) is 8.90. The van der Waals surface area contributed by atoms with E-state index in [-0.39, 0.29) is 0 Å². The third-order valence-electron chi connectivity index (χ3n) is 7.72. The Balaban J connectivity index is 1.61. The summed E-state index contributed by atoms with van der Waals surface area (Å²) in [7, 11) is 3.37. The summed E-state index contributed by atoms with van der Waals surface area (Å²) in [5.74, 6) is 3.76. The molecule has 2 aromatic carbocycles. The van der Waals surface area contributed by atoms with Crippen LogP contribution in [0.5, 0.6) is 11.5 Å². The van der Waals surface area contributed by atoms with E-state index in [2.05, 4.69) is 49.9 Å². The van der Waals surface area contributed by atoms with E-state index in [1.165, 1.54) is 0 Å². The number of rotatable bonds is 6. The quantitative estimate of drug-likeness (QED) is 0.422. The van der Waals surface area contributed by atoms with Gasteiger partial charge in [-0.3, -0.25) is 0 Å². The highest BCUT2D eigenvalue weighted by Crippen LogP contribution is 2.51. The number of hydrogen-bond donors (Lipinski definition) is 0. The summed E-state index contributed by atoms with van der Waals surface area (Å²) >= 11 is 0. The molecule has 0 N–H and O–H groups in total. The molecule has 0 bridgehead atoms. The van der Waals surface area contributed by atoms with Gasteiger partial charge in [0, 0.05) is 34.4 Å². The molecule has 34 heavy (non-hydrogen) atoms. The largest absolute Gasteiger partial charge is 0.497 e. The van der Waals surface area contributed by atoms with Crippen LogP contribution in [0.3, 0.4) is 0 Å². The van der Waals surface area contributed by atoms with Crippen LogP contribution >= 0.6 is 0 Å². The Morgan fingerprint density at radius 3 is 2.68 bits per heavy atom. The van der Waals surface area contributed by atoms with Crippen LogP contribution in [0.4, 0.5) is 0 Å². The lowest BCUT2D eigenvalue weighted by Crippen LogP contribution is -2.60. The Morgan fingerprint density at radius 2 is 1.91 bits per heavy atom. The Morgan fingerprint density at radius 1 is 1.06 bits per heavy atom. The van der Waals surface area contributed by atoms with Crippen molar-refractivity contribution >= 4 is 16.8 Å². The molecule has 1 spiro atoms. The first-order valence-electron chi connectivity index (χ1n) is 12.2. The average molecular weight is 463 g/mol. The maximum atomic E-state index is 6.53. The Bertz CT molecular complexity index is 1200. The van der Waals surface area contributed by atoms with Gasteiger partial charge >= 0.3 is 0 Å². The van der Waals surface area contributed by atoms with Gasteiger partial charge in [-0.05, 0) is 49.4 Å². The summed E-state index contributed by atoms with van der Waals surface area (Å²) in [4.78, 5) is 8.91. The van der Waals surface area contributed by atoms with E-state index in [1.807, 2.05) is 18.2 Å². The Kier molecular flexibility index (Phi) is 5.92. The van der Waals surface area contributed by atoms with Gasteiger partial charge in [-0.2, -0.15) is 0 Å². The normalized spacial score (nSPS) is 26.6. The Labute approximate surface area is 201 Å². The number of furan rings is 1. The van der Waals surface area contributed by atoms with Crippen LogP contribution < -0.4 is 9.47 Å². The summed E-state index contributed by atoms with van der Waals surface area (Å²) in [6.07, 6.45) is 4.98. The summed E-state index contributed by atoms with van der Waals surface area (Å²) in [6.45, 7) is 7.55. The lowest BCUT2D eigenvalue weighted by Gasteiger charge is -2.50. The summed E-state index contributed by atoms with van der Waals surface area (Å²) in [5.41, 5.74) is 2.41. The van der Waals surface area contributed by atoms with Gasteiger partial charge in [0.1, 0.15) is 17.1 Å². The van der Waals surface area contributed by atoms with Crippen LogP contribution in [-0.4, -0.2) is 30.7 Å². The van der Waals surface area contributed by atoms with Crippen molar-refractivity contribution in [3.8, 4) is 11.5 Å². The molecular formula is C28H34N2O4. The maximum absolute atomic E-state index is 6.53. The number of nitrogens with zero attached hydrogens (tertiary/aromatic N) is 2. The highest BCUT2D eigenvalue weighted by molar-refractivity contribution is 6.02. The molecule has 6 nitrogen and oxygen atoms in total. The standard InChI is InChI=1S/C28H34N2O4/c1-6-23-14-18(2)13-19(3)28(23)30(17-22-9-10-24(31-4)16-25(22)32-5)27(29-34-28)21-8-7-20-11-12-33-26(20)15-21/h7-12,15-16,18-19,23H,6,13-14,17H2,1-5H3. The van der Waals surface area contributed by atoms with Gasteiger partial charge in [0.15, 0.2) is 5.84 Å². The predicted molar refractivity (Wildman–Crippen MR) is 133 cm³/mol. The molecule has 1 aliphatic carbocycles. The van der Waals surface area contributed by atoms with Crippen LogP contribution in [-0.2, 0) is 11.4 Å². The number of ether oxygens (including phenoxy) is 2. The molecule has 0 saturated heterocycles. The van der Waals surface area contributed by atoms with E-state index in [1.54, 1.807) is 20.5 Å². The summed E-state index contributed by atoms with van der Waals surface area (Å²) < 4.78 is 16.9. The average Bonchev–Trinajstić information content (AvgIpc) is 3.47. The van der Waals surface area contributed by atoms with Gasteiger partial charge in [-0.1, -0.05) is 38.1 Å². The molecule has 5 rings (SSSR count). The first-order chi connectivity index (χ1) is 16.5. The maximum Gasteiger partial charge on any atom is 0.217 e. The van der Waals surface area contributed by atoms with Crippen molar-refractivity contribution in [2.75, 3.05) is 14.2 Å². The van der Waals surface area contributed by atoms with E-state index in [0.717, 1.165) is 58.7 Å². The smallest absolute Gasteiger partial charge is 0.217 e. The molecule has 0 radical (unpaired) electrons. The fourth-order valence-electron chi connectivity index (χ4n) is 6.07. The molecular weight excluding hydrogens is 428 g/mol. The molecule has 2 heterocycles. The predicted octanol–water partition coefficient (Wildman–Crippen LogP) is 6.43. The SMILES string of the molecule is CCC1CC(C)CC(C)C12ON=C(c1ccc3ccoc3c1)N2Cc1ccc(OC)cc1OC. The number of hydrogen-bond acceptors (Lipinski definition) is 6. The first-order valence-corrected chi connectivity index (χ1v) is 12.2. The van der Waals surface area contributed by atoms with Crippen LogP contribution in [0.2, 0.25) is 0 Å². The number of fused-ring (bicyclic) bond motifs is 1. The summed E-state index contributed by atoms with van der Waals surface area (Å²) in [5, 5.41) is 5.83. The fraction of sp³-hybridized carbons (Fsp3) is 0.464. The van der Waals surface area contributed by atoms with Gasteiger partial charge in [-0.25, -0.2) is 0 Å². The molecule has 1 fully saturated rings. The molecule has 180 valence electrons. The lowest BCUT2D eigenvalue weighted by molar-refractivity contribution is -0.200. The van der Waals surface area contributed by atoms with Gasteiger partial charge < -0.3 is 23.6 Å². The molecule has 2 aliphatic rings. The van der Waals surface area contributed by atoms with E-state index < -0.39 is 5.72 Å². The topological polar surface area (TPSA) is 56.4 Å². The Hall–Kier alpha value is -3.15. The van der Waals surface area contributed by atoms with Crippen molar-refractivity contribution in [2.24, 2.45) is 22.9 Å². The van der Waals surface area contributed by atoms with E-state index in [4.69, 9.17) is 23.9 Å². The zero-order valence-electron chi connectivity index (χ0n) is 20.7. The first kappa shape index (κ1) is 22.6. The van der Waals surface area contributed by atoms with Crippen LogP contribution in [0.25, 0.3) is 11.0 Å². The molecule has 1 aliphatic heterocycles. The van der Waals surface area contributed by atoms with E-state index in [0.29, 0.717) is 24.3 Å². The highest BCUT2D eigenvalue weighted by atomic mass is 16.7. The minimum Gasteiger partial charge on any atom is -0.497 e. The van der Waals surface area contributed by atoms with Crippen molar-refractivity contribution in [3.05, 3.63) is 59.9 Å². The minimum absolute atomic E-state index is 0.319. The molecule has 0 amide bonds. The molecule has 1 aromatic heterocycles. The van der Waals surface area contributed by atoms with Gasteiger partial charge in [-0.15, -0.1) is 0 Å². The molecule has 4 atom stereocenters. The molecule has 6 heteroatoms. The second-order valence-electron chi connectivity index (χ2n) is 9.78. The van der Waals surface area contributed by atoms with Crippen molar-refractivity contribution in [1.82, 2.24) is 4.90 Å². The van der Waals surface area contributed by atoms with Crippen LogP contribution in [0, 0.1) is 17.8 Å². The third-order valence-corrected chi connectivity index (χ3v) is 7.72. The summed E-state index contributed by atoms with van der Waals surface area (Å²) in [6, 6.07) is 14.2. The molecule has 3 aromatic rings. The number of amidine groups is 1. The number of benzene rings is 2. The molecule has 1 saturated carbocycles. The zero-order chi connectivity index (χ0) is 23.9. The van der Waals surface area contributed by atoms with Crippen molar-refractivity contribution < 1.29 is 18.7 Å². The van der Waals surface area contributed by atoms with Crippen LogP contribution in [0.1, 0.15) is 51.2 Å². The third kappa shape index (κ3) is 3.60. The van der Waals surface area contributed by atoms with Gasteiger partial charge in [0.2, 0.25) is 5.72 Å². The number of methoxy groups -OCH3 is 2. The zero-order valence-corrected chi connectivity index (χ0v) is 20.7. The van der Waals surface area contributed by atoms with Crippen LogP contribution in [0.15, 0.2) is 58.3 Å². The van der Waals surface area contributed by atoms with Crippen molar-refractivity contribution in [3.63, 3.8) is 0 Å². The highest BCUT2D eigenvalue weighted by Gasteiger charge is 2.57. The molecule has 4 unspecified atom stereocenters. The van der Waals surface area contributed by atoms with E-state index in [9.17, 15) is 0 Å². The van der Waals surface area contributed by atoms with Gasteiger partial charge in [0.25, 0.3) is 0 Å². The fourth-order valence-corrected chi connectivity index (χ4v) is 6.07. The number of oxime groups is 1. The van der Waals surface area contributed by atoms with Crippen molar-refractivity contribution in [2.45, 2.75) is 52.3 Å². The van der Waals surface area contributed by atoms with Gasteiger partial charge in [0.05, 0.1) is 27.0 Å². The lowest BCUT2D eigenvalue weighted by atomic mass is 9.68. The minimum atomic E-state index is -0.500.